The van der Waals surface area contributed by atoms with Gasteiger partial charge in [0.1, 0.15) is 0 Å². The van der Waals surface area contributed by atoms with Gasteiger partial charge in [0.25, 0.3) is 0 Å². The Morgan fingerprint density at radius 3 is 2.75 bits per heavy atom. The number of hydrogen-bond acceptors (Lipinski definition) is 3. The lowest BCUT2D eigenvalue weighted by Gasteiger charge is -2.16. The summed E-state index contributed by atoms with van der Waals surface area (Å²) in [4.78, 5) is 2.23. The van der Waals surface area contributed by atoms with E-state index in [1.807, 2.05) is 0 Å². The van der Waals surface area contributed by atoms with Crippen molar-refractivity contribution in [3.8, 4) is 0 Å². The molecule has 0 fully saturated rings. The normalized spacial score (nSPS) is 10.7. The first-order valence-corrected chi connectivity index (χ1v) is 4.79. The molecule has 0 amide bonds. The van der Waals surface area contributed by atoms with Crippen LogP contribution < -0.4 is 0 Å². The molecule has 0 N–H and O–H groups in total. The highest BCUT2D eigenvalue weighted by atomic mass is 32.1. The predicted molar refractivity (Wildman–Crippen MR) is 57.0 cm³/mol. The molecule has 0 heterocycles. The van der Waals surface area contributed by atoms with Crippen LogP contribution in [0.5, 0.6) is 0 Å². The molecule has 0 aliphatic carbocycles. The van der Waals surface area contributed by atoms with Gasteiger partial charge in [-0.05, 0) is 13.5 Å². The van der Waals surface area contributed by atoms with Gasteiger partial charge in [-0.3, -0.25) is 0 Å². The van der Waals surface area contributed by atoms with Gasteiger partial charge in [0.2, 0.25) is 0 Å². The third-order valence-corrected chi connectivity index (χ3v) is 2.05. The number of thiol groups is 1. The monoisotopic (exact) mass is 189 g/mol. The molecule has 0 aliphatic heterocycles. The van der Waals surface area contributed by atoms with Crippen LogP contribution in [0.2, 0.25) is 0 Å². The van der Waals surface area contributed by atoms with Crippen molar-refractivity contribution in [1.82, 2.24) is 4.90 Å². The van der Waals surface area contributed by atoms with Gasteiger partial charge in [-0.2, -0.15) is 12.6 Å². The molecule has 0 unspecified atom stereocenters. The van der Waals surface area contributed by atoms with Crippen LogP contribution in [0.3, 0.4) is 0 Å². The molecule has 0 aromatic carbocycles. The zero-order valence-corrected chi connectivity index (χ0v) is 8.94. The van der Waals surface area contributed by atoms with Crippen LogP contribution in [0.1, 0.15) is 6.42 Å². The SMILES string of the molecule is C=C(CS)CN(C)CCCOC. The van der Waals surface area contributed by atoms with Crippen LogP contribution in [0.15, 0.2) is 12.2 Å². The molecule has 0 saturated heterocycles. The second-order valence-corrected chi connectivity index (χ2v) is 3.31. The van der Waals surface area contributed by atoms with E-state index in [4.69, 9.17) is 4.74 Å². The first-order valence-electron chi connectivity index (χ1n) is 4.15. The lowest BCUT2D eigenvalue weighted by molar-refractivity contribution is 0.181. The van der Waals surface area contributed by atoms with E-state index in [-0.39, 0.29) is 0 Å². The number of rotatable bonds is 7. The summed E-state index contributed by atoms with van der Waals surface area (Å²) in [6.45, 7) is 6.72. The summed E-state index contributed by atoms with van der Waals surface area (Å²) in [5.74, 6) is 0.772. The number of nitrogens with zero attached hydrogens (tertiary/aromatic N) is 1. The fourth-order valence-corrected chi connectivity index (χ4v) is 1.09. The summed E-state index contributed by atoms with van der Waals surface area (Å²) in [6, 6.07) is 0. The van der Waals surface area contributed by atoms with Crippen molar-refractivity contribution >= 4 is 12.6 Å². The summed E-state index contributed by atoms with van der Waals surface area (Å²) < 4.78 is 4.96. The average molecular weight is 189 g/mol. The number of likely N-dealkylation sites (N-methyl/N-ethyl adjacent to an activating group) is 1. The molecular weight excluding hydrogens is 170 g/mol. The van der Waals surface area contributed by atoms with Crippen molar-refractivity contribution in [2.75, 3.05) is 39.6 Å². The second kappa shape index (κ2) is 7.65. The Morgan fingerprint density at radius 1 is 1.58 bits per heavy atom. The van der Waals surface area contributed by atoms with Gasteiger partial charge in [0.15, 0.2) is 0 Å². The lowest BCUT2D eigenvalue weighted by atomic mass is 10.3. The van der Waals surface area contributed by atoms with Gasteiger partial charge < -0.3 is 9.64 Å². The Kier molecular flexibility index (Phi) is 7.65. The van der Waals surface area contributed by atoms with Crippen molar-refractivity contribution in [2.45, 2.75) is 6.42 Å². The minimum absolute atomic E-state index is 0.772. The second-order valence-electron chi connectivity index (χ2n) is 2.99. The van der Waals surface area contributed by atoms with Crippen molar-refractivity contribution in [1.29, 1.82) is 0 Å². The Hall–Kier alpha value is 0.01000. The Morgan fingerprint density at radius 2 is 2.25 bits per heavy atom. The van der Waals surface area contributed by atoms with E-state index in [0.717, 1.165) is 31.9 Å². The highest BCUT2D eigenvalue weighted by Crippen LogP contribution is 1.97. The summed E-state index contributed by atoms with van der Waals surface area (Å²) in [7, 11) is 3.82. The Balaban J connectivity index is 3.32. The highest BCUT2D eigenvalue weighted by Gasteiger charge is 1.98. The largest absolute Gasteiger partial charge is 0.385 e. The Bertz CT molecular complexity index is 128. The topological polar surface area (TPSA) is 12.5 Å². The van der Waals surface area contributed by atoms with Gasteiger partial charge in [-0.15, -0.1) is 0 Å². The third-order valence-electron chi connectivity index (χ3n) is 1.61. The van der Waals surface area contributed by atoms with Crippen LogP contribution in [-0.4, -0.2) is 44.5 Å². The van der Waals surface area contributed by atoms with E-state index in [2.05, 4.69) is 31.2 Å². The van der Waals surface area contributed by atoms with Gasteiger partial charge in [0.05, 0.1) is 0 Å². The molecule has 72 valence electrons. The van der Waals surface area contributed by atoms with Gasteiger partial charge in [-0.25, -0.2) is 0 Å². The van der Waals surface area contributed by atoms with Crippen molar-refractivity contribution in [3.63, 3.8) is 0 Å². The predicted octanol–water partition coefficient (Wildman–Crippen LogP) is 1.44. The first kappa shape index (κ1) is 12.0. The smallest absolute Gasteiger partial charge is 0.0474 e. The highest BCUT2D eigenvalue weighted by molar-refractivity contribution is 7.80. The molecule has 3 heteroatoms. The molecule has 0 atom stereocenters. The van der Waals surface area contributed by atoms with Crippen molar-refractivity contribution < 1.29 is 4.74 Å². The average Bonchev–Trinajstić information content (AvgIpc) is 2.05. The van der Waals surface area contributed by atoms with E-state index >= 15 is 0 Å². The summed E-state index contributed by atoms with van der Waals surface area (Å²) >= 11 is 4.15. The van der Waals surface area contributed by atoms with Crippen LogP contribution in [-0.2, 0) is 4.74 Å². The molecular formula is C9H19NOS. The summed E-state index contributed by atoms with van der Waals surface area (Å²) in [5.41, 5.74) is 1.17. The molecule has 2 nitrogen and oxygen atoms in total. The van der Waals surface area contributed by atoms with Crippen LogP contribution >= 0.6 is 12.6 Å². The standard InChI is InChI=1S/C9H19NOS/c1-9(8-12)7-10(2)5-4-6-11-3/h12H,1,4-8H2,2-3H3. The van der Waals surface area contributed by atoms with E-state index in [0.29, 0.717) is 0 Å². The zero-order chi connectivity index (χ0) is 9.40. The minimum atomic E-state index is 0.772. The Labute approximate surface area is 81.0 Å². The maximum Gasteiger partial charge on any atom is 0.0474 e. The summed E-state index contributed by atoms with van der Waals surface area (Å²) in [6.07, 6.45) is 1.08. The third kappa shape index (κ3) is 6.70. The molecule has 0 bridgehead atoms. The number of hydrogen-bond donors (Lipinski definition) is 1. The molecule has 0 rings (SSSR count). The van der Waals surface area contributed by atoms with Gasteiger partial charge in [-0.1, -0.05) is 12.2 Å². The molecule has 0 aliphatic rings. The molecule has 0 radical (unpaired) electrons. The molecule has 0 aromatic rings. The van der Waals surface area contributed by atoms with E-state index in [9.17, 15) is 0 Å². The maximum atomic E-state index is 4.96. The molecule has 0 spiro atoms. The maximum absolute atomic E-state index is 4.96. The van der Waals surface area contributed by atoms with Crippen LogP contribution in [0.25, 0.3) is 0 Å². The zero-order valence-electron chi connectivity index (χ0n) is 8.05. The van der Waals surface area contributed by atoms with Crippen molar-refractivity contribution in [2.24, 2.45) is 0 Å². The van der Waals surface area contributed by atoms with E-state index in [1.165, 1.54) is 5.57 Å². The molecule has 0 saturated carbocycles. The fraction of sp³-hybridized carbons (Fsp3) is 0.778. The molecule has 0 aromatic heterocycles. The number of methoxy groups -OCH3 is 1. The molecule has 12 heavy (non-hydrogen) atoms. The van der Waals surface area contributed by atoms with Gasteiger partial charge >= 0.3 is 0 Å². The van der Waals surface area contributed by atoms with Gasteiger partial charge in [0, 0.05) is 32.6 Å². The fourth-order valence-electron chi connectivity index (χ4n) is 0.990. The van der Waals surface area contributed by atoms with Crippen molar-refractivity contribution in [3.05, 3.63) is 12.2 Å². The van der Waals surface area contributed by atoms with E-state index in [1.54, 1.807) is 7.11 Å². The van der Waals surface area contributed by atoms with Crippen LogP contribution in [0.4, 0.5) is 0 Å². The van der Waals surface area contributed by atoms with Crippen LogP contribution in [0, 0.1) is 0 Å². The van der Waals surface area contributed by atoms with E-state index < -0.39 is 0 Å². The quantitative estimate of drug-likeness (QED) is 0.370. The summed E-state index contributed by atoms with van der Waals surface area (Å²) in [5, 5.41) is 0. The lowest BCUT2D eigenvalue weighted by Crippen LogP contribution is -2.23. The minimum Gasteiger partial charge on any atom is -0.385 e. The number of ether oxygens (including phenoxy) is 1. The first-order chi connectivity index (χ1) is 5.70.